The van der Waals surface area contributed by atoms with Crippen LogP contribution in [0.1, 0.15) is 32.8 Å². The fourth-order valence-electron chi connectivity index (χ4n) is 1.25. The Balaban J connectivity index is 0.000000873. The number of hydrogen-bond acceptors (Lipinski definition) is 2. The minimum absolute atomic E-state index is 0.138. The number of rotatable bonds is 2. The Morgan fingerprint density at radius 3 is 2.00 bits per heavy atom. The molecule has 0 aromatic heterocycles. The lowest BCUT2D eigenvalue weighted by atomic mass is 10.0. The van der Waals surface area contributed by atoms with E-state index in [1.807, 2.05) is 55.5 Å². The molecule has 0 atom stereocenters. The molecule has 0 aliphatic heterocycles. The molecule has 0 fully saturated rings. The number of allylic oxidation sites excluding steroid dienone is 4. The number of benzene rings is 1. The summed E-state index contributed by atoms with van der Waals surface area (Å²) in [4.78, 5) is 0. The summed E-state index contributed by atoms with van der Waals surface area (Å²) in [5.74, 6) is 0. The van der Waals surface area contributed by atoms with Crippen LogP contribution in [-0.4, -0.2) is 0 Å². The molecule has 0 aliphatic carbocycles. The minimum Gasteiger partial charge on any atom is -0.192 e. The highest BCUT2D eigenvalue weighted by atomic mass is 14.3. The number of nitrogens with zero attached hydrogens (tertiary/aromatic N) is 2. The first-order valence-corrected chi connectivity index (χ1v) is 5.97. The SMILES string of the molecule is CC=CC(=C(C#N)C#N)c1ccccc1.CCC. The Labute approximate surface area is 109 Å². The summed E-state index contributed by atoms with van der Waals surface area (Å²) in [5, 5.41) is 17.6. The van der Waals surface area contributed by atoms with Crippen LogP contribution in [0.2, 0.25) is 0 Å². The second-order valence-corrected chi connectivity index (χ2v) is 3.59. The monoisotopic (exact) mass is 238 g/mol. The van der Waals surface area contributed by atoms with Gasteiger partial charge >= 0.3 is 0 Å². The molecule has 0 radical (unpaired) electrons. The summed E-state index contributed by atoms with van der Waals surface area (Å²) in [7, 11) is 0. The van der Waals surface area contributed by atoms with Crippen LogP contribution in [0.25, 0.3) is 5.57 Å². The zero-order chi connectivity index (χ0) is 13.8. The molecule has 92 valence electrons. The first-order chi connectivity index (χ1) is 8.74. The van der Waals surface area contributed by atoms with Gasteiger partial charge in [-0.1, -0.05) is 62.8 Å². The van der Waals surface area contributed by atoms with Gasteiger partial charge in [-0.05, 0) is 12.5 Å². The lowest BCUT2D eigenvalue weighted by Crippen LogP contribution is -1.85. The van der Waals surface area contributed by atoms with Crippen molar-refractivity contribution < 1.29 is 0 Å². The highest BCUT2D eigenvalue weighted by molar-refractivity contribution is 5.81. The van der Waals surface area contributed by atoms with E-state index in [9.17, 15) is 0 Å². The van der Waals surface area contributed by atoms with Crippen molar-refractivity contribution in [2.45, 2.75) is 27.2 Å². The molecule has 0 bridgehead atoms. The molecular weight excluding hydrogens is 220 g/mol. The van der Waals surface area contributed by atoms with E-state index in [2.05, 4.69) is 13.8 Å². The summed E-state index contributed by atoms with van der Waals surface area (Å²) in [6.07, 6.45) is 4.84. The molecule has 1 aromatic rings. The fourth-order valence-corrected chi connectivity index (χ4v) is 1.25. The largest absolute Gasteiger partial charge is 0.192 e. The van der Waals surface area contributed by atoms with E-state index in [1.165, 1.54) is 6.42 Å². The van der Waals surface area contributed by atoms with E-state index in [1.54, 1.807) is 6.08 Å². The maximum atomic E-state index is 8.82. The molecule has 0 spiro atoms. The Bertz CT molecular complexity index is 466. The summed E-state index contributed by atoms with van der Waals surface area (Å²) in [6, 6.07) is 13.2. The van der Waals surface area contributed by atoms with Gasteiger partial charge in [0.05, 0.1) is 0 Å². The predicted molar refractivity (Wildman–Crippen MR) is 75.4 cm³/mol. The van der Waals surface area contributed by atoms with Crippen molar-refractivity contribution in [3.8, 4) is 12.1 Å². The summed E-state index contributed by atoms with van der Waals surface area (Å²) >= 11 is 0. The molecule has 1 aromatic carbocycles. The second-order valence-electron chi connectivity index (χ2n) is 3.59. The zero-order valence-electron chi connectivity index (χ0n) is 11.1. The van der Waals surface area contributed by atoms with Crippen LogP contribution >= 0.6 is 0 Å². The van der Waals surface area contributed by atoms with Crippen molar-refractivity contribution in [2.24, 2.45) is 0 Å². The van der Waals surface area contributed by atoms with Crippen LogP contribution in [-0.2, 0) is 0 Å². The standard InChI is InChI=1S/C13H10N2.C3H8/c1-2-6-13(12(9-14)10-15)11-7-4-3-5-8-11;1-3-2/h2-8H,1H3;3H2,1-2H3. The Kier molecular flexibility index (Phi) is 8.60. The van der Waals surface area contributed by atoms with E-state index in [0.717, 1.165) is 5.56 Å². The Morgan fingerprint density at radius 2 is 1.61 bits per heavy atom. The molecule has 0 unspecified atom stereocenters. The lowest BCUT2D eigenvalue weighted by Gasteiger charge is -2.01. The lowest BCUT2D eigenvalue weighted by molar-refractivity contribution is 1.09. The van der Waals surface area contributed by atoms with Gasteiger partial charge < -0.3 is 0 Å². The molecule has 1 rings (SSSR count). The molecular formula is C16H18N2. The molecule has 0 N–H and O–H groups in total. The quantitative estimate of drug-likeness (QED) is 0.563. The van der Waals surface area contributed by atoms with Gasteiger partial charge in [-0.2, -0.15) is 10.5 Å². The predicted octanol–water partition coefficient (Wildman–Crippen LogP) is 4.48. The van der Waals surface area contributed by atoms with Crippen molar-refractivity contribution in [2.75, 3.05) is 0 Å². The van der Waals surface area contributed by atoms with Gasteiger partial charge in [0.2, 0.25) is 0 Å². The van der Waals surface area contributed by atoms with E-state index < -0.39 is 0 Å². The van der Waals surface area contributed by atoms with Crippen LogP contribution < -0.4 is 0 Å². The van der Waals surface area contributed by atoms with Crippen LogP contribution in [0, 0.1) is 22.7 Å². The normalized spacial score (nSPS) is 8.72. The average molecular weight is 238 g/mol. The van der Waals surface area contributed by atoms with Crippen molar-refractivity contribution in [1.29, 1.82) is 10.5 Å². The Hall–Kier alpha value is -2.32. The molecule has 0 saturated carbocycles. The number of hydrogen-bond donors (Lipinski definition) is 0. The number of nitriles is 2. The van der Waals surface area contributed by atoms with Gasteiger partial charge in [-0.15, -0.1) is 0 Å². The van der Waals surface area contributed by atoms with Crippen molar-refractivity contribution in [3.05, 3.63) is 53.6 Å². The maximum absolute atomic E-state index is 8.82. The highest BCUT2D eigenvalue weighted by Gasteiger charge is 2.04. The summed E-state index contributed by atoms with van der Waals surface area (Å²) in [6.45, 7) is 6.11. The smallest absolute Gasteiger partial charge is 0.137 e. The first-order valence-electron chi connectivity index (χ1n) is 5.97. The maximum Gasteiger partial charge on any atom is 0.137 e. The first kappa shape index (κ1) is 15.7. The van der Waals surface area contributed by atoms with Gasteiger partial charge in [0, 0.05) is 5.57 Å². The van der Waals surface area contributed by atoms with E-state index in [-0.39, 0.29) is 5.57 Å². The molecule has 0 heterocycles. The summed E-state index contributed by atoms with van der Waals surface area (Å²) < 4.78 is 0. The third-order valence-corrected chi connectivity index (χ3v) is 1.91. The minimum atomic E-state index is 0.138. The van der Waals surface area contributed by atoms with E-state index in [4.69, 9.17) is 10.5 Å². The third kappa shape index (κ3) is 5.14. The van der Waals surface area contributed by atoms with Crippen LogP contribution in [0.3, 0.4) is 0 Å². The molecule has 2 heteroatoms. The second kappa shape index (κ2) is 9.87. The van der Waals surface area contributed by atoms with Crippen molar-refractivity contribution >= 4 is 5.57 Å². The van der Waals surface area contributed by atoms with Crippen LogP contribution in [0.5, 0.6) is 0 Å². The van der Waals surface area contributed by atoms with Gasteiger partial charge in [-0.3, -0.25) is 0 Å². The van der Waals surface area contributed by atoms with Gasteiger partial charge in [0.1, 0.15) is 17.7 Å². The molecule has 18 heavy (non-hydrogen) atoms. The van der Waals surface area contributed by atoms with E-state index in [0.29, 0.717) is 5.57 Å². The van der Waals surface area contributed by atoms with Gasteiger partial charge in [-0.25, -0.2) is 0 Å². The van der Waals surface area contributed by atoms with Gasteiger partial charge in [0.15, 0.2) is 0 Å². The molecule has 2 nitrogen and oxygen atoms in total. The van der Waals surface area contributed by atoms with Gasteiger partial charge in [0.25, 0.3) is 0 Å². The molecule has 0 saturated heterocycles. The summed E-state index contributed by atoms with van der Waals surface area (Å²) in [5.41, 5.74) is 1.69. The molecule has 0 amide bonds. The molecule has 0 aliphatic rings. The third-order valence-electron chi connectivity index (χ3n) is 1.91. The van der Waals surface area contributed by atoms with Crippen molar-refractivity contribution in [3.63, 3.8) is 0 Å². The zero-order valence-corrected chi connectivity index (χ0v) is 11.1. The van der Waals surface area contributed by atoms with E-state index >= 15 is 0 Å². The topological polar surface area (TPSA) is 47.6 Å². The highest BCUT2D eigenvalue weighted by Crippen LogP contribution is 2.19. The average Bonchev–Trinajstić information content (AvgIpc) is 2.41. The Morgan fingerprint density at radius 1 is 1.11 bits per heavy atom. The van der Waals surface area contributed by atoms with Crippen LogP contribution in [0.15, 0.2) is 48.1 Å². The fraction of sp³-hybridized carbons (Fsp3) is 0.250. The van der Waals surface area contributed by atoms with Crippen LogP contribution in [0.4, 0.5) is 0 Å². The van der Waals surface area contributed by atoms with Crippen molar-refractivity contribution in [1.82, 2.24) is 0 Å².